The zero-order chi connectivity index (χ0) is 21.1. The largest absolute Gasteiger partial charge is 0.324 e. The minimum Gasteiger partial charge on any atom is -0.324 e. The topological polar surface area (TPSA) is 64.0 Å². The van der Waals surface area contributed by atoms with E-state index in [0.717, 1.165) is 20.8 Å². The molecule has 150 valence electrons. The number of nitrogens with zero attached hydrogens (tertiary/aromatic N) is 2. The van der Waals surface area contributed by atoms with Crippen LogP contribution in [-0.2, 0) is 17.8 Å². The van der Waals surface area contributed by atoms with E-state index >= 15 is 0 Å². The lowest BCUT2D eigenvalue weighted by Crippen LogP contribution is -2.32. The molecular weight excluding hydrogens is 442 g/mol. The van der Waals surface area contributed by atoms with E-state index in [9.17, 15) is 9.59 Å². The van der Waals surface area contributed by atoms with Gasteiger partial charge in [0.25, 0.3) is 5.56 Å². The van der Waals surface area contributed by atoms with E-state index in [-0.39, 0.29) is 18.0 Å². The summed E-state index contributed by atoms with van der Waals surface area (Å²) in [5.41, 5.74) is 2.80. The van der Waals surface area contributed by atoms with Crippen LogP contribution in [0.3, 0.4) is 0 Å². The van der Waals surface area contributed by atoms with Gasteiger partial charge in [0.05, 0.1) is 5.69 Å². The normalized spacial score (nSPS) is 10.9. The highest BCUT2D eigenvalue weighted by atomic mass is 79.9. The zero-order valence-corrected chi connectivity index (χ0v) is 18.0. The Bertz CT molecular complexity index is 1270. The molecule has 6 heteroatoms. The summed E-state index contributed by atoms with van der Waals surface area (Å²) in [4.78, 5) is 25.5. The quantitative estimate of drug-likeness (QED) is 0.468. The Kier molecular flexibility index (Phi) is 5.77. The second-order valence-corrected chi connectivity index (χ2v) is 8.06. The van der Waals surface area contributed by atoms with Crippen LogP contribution in [0.4, 0.5) is 5.69 Å². The lowest BCUT2D eigenvalue weighted by molar-refractivity contribution is -0.117. The molecule has 1 heterocycles. The summed E-state index contributed by atoms with van der Waals surface area (Å²) in [6.07, 6.45) is 0.484. The van der Waals surface area contributed by atoms with Crippen molar-refractivity contribution >= 4 is 38.3 Å². The van der Waals surface area contributed by atoms with Crippen molar-refractivity contribution < 1.29 is 4.79 Å². The average Bonchev–Trinajstić information content (AvgIpc) is 2.73. The molecule has 0 saturated heterocycles. The van der Waals surface area contributed by atoms with Crippen LogP contribution in [-0.4, -0.2) is 15.7 Å². The van der Waals surface area contributed by atoms with Gasteiger partial charge >= 0.3 is 0 Å². The van der Waals surface area contributed by atoms with Gasteiger partial charge in [-0.15, -0.1) is 0 Å². The van der Waals surface area contributed by atoms with Crippen LogP contribution in [0.1, 0.15) is 16.8 Å². The number of halogens is 1. The molecule has 0 aliphatic rings. The molecule has 0 atom stereocenters. The average molecular weight is 462 g/mol. The molecule has 0 bridgehead atoms. The van der Waals surface area contributed by atoms with Crippen LogP contribution < -0.4 is 10.9 Å². The van der Waals surface area contributed by atoms with Crippen molar-refractivity contribution in [1.82, 2.24) is 9.78 Å². The molecule has 0 unspecified atom stereocenters. The maximum atomic E-state index is 13.0. The van der Waals surface area contributed by atoms with Gasteiger partial charge < -0.3 is 5.32 Å². The summed E-state index contributed by atoms with van der Waals surface area (Å²) in [5, 5.41) is 9.32. The summed E-state index contributed by atoms with van der Waals surface area (Å²) in [7, 11) is 0. The molecule has 5 nitrogen and oxygen atoms in total. The second kappa shape index (κ2) is 8.63. The lowest BCUT2D eigenvalue weighted by atomic mass is 9.99. The van der Waals surface area contributed by atoms with E-state index < -0.39 is 0 Å². The van der Waals surface area contributed by atoms with Gasteiger partial charge in [0.2, 0.25) is 5.91 Å². The third kappa shape index (κ3) is 4.49. The molecule has 0 spiro atoms. The maximum Gasteiger partial charge on any atom is 0.270 e. The fourth-order valence-electron chi connectivity index (χ4n) is 3.50. The van der Waals surface area contributed by atoms with E-state index in [0.29, 0.717) is 23.4 Å². The van der Waals surface area contributed by atoms with E-state index in [2.05, 4.69) is 44.5 Å². The number of nitrogens with one attached hydrogen (secondary N) is 1. The minimum atomic E-state index is -0.298. The van der Waals surface area contributed by atoms with Crippen molar-refractivity contribution in [3.63, 3.8) is 0 Å². The molecular formula is C24H20BrN3O2. The van der Waals surface area contributed by atoms with Gasteiger partial charge in [0, 0.05) is 22.1 Å². The van der Waals surface area contributed by atoms with Gasteiger partial charge in [-0.3, -0.25) is 9.59 Å². The molecule has 0 fully saturated rings. The van der Waals surface area contributed by atoms with Crippen LogP contribution in [0.25, 0.3) is 10.8 Å². The molecule has 0 aliphatic carbocycles. The Morgan fingerprint density at radius 2 is 1.73 bits per heavy atom. The highest BCUT2D eigenvalue weighted by molar-refractivity contribution is 9.10. The fraction of sp³-hybridized carbons (Fsp3) is 0.125. The number of rotatable bonds is 5. The first-order valence-electron chi connectivity index (χ1n) is 9.59. The molecule has 30 heavy (non-hydrogen) atoms. The summed E-state index contributed by atoms with van der Waals surface area (Å²) >= 11 is 3.36. The van der Waals surface area contributed by atoms with Gasteiger partial charge in [-0.25, -0.2) is 4.68 Å². The fourth-order valence-corrected chi connectivity index (χ4v) is 3.76. The summed E-state index contributed by atoms with van der Waals surface area (Å²) in [6.45, 7) is 1.69. The number of carbonyl (C=O) groups excluding carboxylic acids is 1. The maximum absolute atomic E-state index is 13.0. The van der Waals surface area contributed by atoms with Gasteiger partial charge in [-0.1, -0.05) is 58.4 Å². The Labute approximate surface area is 182 Å². The first kappa shape index (κ1) is 20.0. The van der Waals surface area contributed by atoms with Gasteiger partial charge in [-0.05, 0) is 53.6 Å². The van der Waals surface area contributed by atoms with Crippen molar-refractivity contribution in [3.05, 3.63) is 104 Å². The first-order chi connectivity index (χ1) is 14.5. The Morgan fingerprint density at radius 1 is 1.00 bits per heavy atom. The molecule has 1 aromatic heterocycles. The standard InChI is InChI=1S/C24H20BrN3O2/c1-16-13-19(14-18-7-4-6-17-5-2-3-8-22(17)18)24(30)28(27-16)15-23(29)26-21-11-9-20(25)10-12-21/h2-13H,14-15H2,1H3,(H,26,29). The predicted molar refractivity (Wildman–Crippen MR) is 123 cm³/mol. The molecule has 1 amide bonds. The number of carbonyl (C=O) groups is 1. The lowest BCUT2D eigenvalue weighted by Gasteiger charge is -2.11. The number of benzene rings is 3. The molecule has 3 aromatic carbocycles. The number of aromatic nitrogens is 2. The van der Waals surface area contributed by atoms with Crippen LogP contribution in [0.15, 0.2) is 82.1 Å². The van der Waals surface area contributed by atoms with Crippen LogP contribution in [0, 0.1) is 6.92 Å². The molecule has 0 radical (unpaired) electrons. The third-order valence-electron chi connectivity index (χ3n) is 4.85. The van der Waals surface area contributed by atoms with Crippen LogP contribution in [0.2, 0.25) is 0 Å². The smallest absolute Gasteiger partial charge is 0.270 e. The Morgan fingerprint density at radius 3 is 2.53 bits per heavy atom. The van der Waals surface area contributed by atoms with E-state index in [1.165, 1.54) is 4.68 Å². The van der Waals surface area contributed by atoms with Crippen molar-refractivity contribution in [2.45, 2.75) is 19.9 Å². The number of hydrogen-bond donors (Lipinski definition) is 1. The van der Waals surface area contributed by atoms with Gasteiger partial charge in [0.1, 0.15) is 6.54 Å². The monoisotopic (exact) mass is 461 g/mol. The molecule has 0 saturated carbocycles. The van der Waals surface area contributed by atoms with Gasteiger partial charge in [0.15, 0.2) is 0 Å². The Hall–Kier alpha value is -3.25. The molecule has 1 N–H and O–H groups in total. The molecule has 4 aromatic rings. The SMILES string of the molecule is Cc1cc(Cc2cccc3ccccc23)c(=O)n(CC(=O)Nc2ccc(Br)cc2)n1. The van der Waals surface area contributed by atoms with Gasteiger partial charge in [-0.2, -0.15) is 5.10 Å². The molecule has 4 rings (SSSR count). The van der Waals surface area contributed by atoms with E-state index in [1.807, 2.05) is 43.3 Å². The van der Waals surface area contributed by atoms with Crippen LogP contribution >= 0.6 is 15.9 Å². The summed E-state index contributed by atoms with van der Waals surface area (Å²) < 4.78 is 2.17. The minimum absolute atomic E-state index is 0.140. The summed E-state index contributed by atoms with van der Waals surface area (Å²) in [5.74, 6) is -0.298. The number of hydrogen-bond acceptors (Lipinski definition) is 3. The van der Waals surface area contributed by atoms with Crippen LogP contribution in [0.5, 0.6) is 0 Å². The predicted octanol–water partition coefficient (Wildman–Crippen LogP) is 4.70. The number of fused-ring (bicyclic) bond motifs is 1. The van der Waals surface area contributed by atoms with Crippen molar-refractivity contribution in [2.24, 2.45) is 0 Å². The van der Waals surface area contributed by atoms with Crippen molar-refractivity contribution in [3.8, 4) is 0 Å². The highest BCUT2D eigenvalue weighted by Gasteiger charge is 2.12. The Balaban J connectivity index is 1.59. The third-order valence-corrected chi connectivity index (χ3v) is 5.38. The zero-order valence-electron chi connectivity index (χ0n) is 16.4. The number of aryl methyl sites for hydroxylation is 1. The van der Waals surface area contributed by atoms with E-state index in [1.54, 1.807) is 18.2 Å². The number of amides is 1. The first-order valence-corrected chi connectivity index (χ1v) is 10.4. The second-order valence-electron chi connectivity index (χ2n) is 7.14. The van der Waals surface area contributed by atoms with E-state index in [4.69, 9.17) is 0 Å². The molecule has 0 aliphatic heterocycles. The van der Waals surface area contributed by atoms with Crippen molar-refractivity contribution in [2.75, 3.05) is 5.32 Å². The van der Waals surface area contributed by atoms with Crippen molar-refractivity contribution in [1.29, 1.82) is 0 Å². The number of anilines is 1. The highest BCUT2D eigenvalue weighted by Crippen LogP contribution is 2.20. The summed E-state index contributed by atoms with van der Waals surface area (Å²) in [6, 6.07) is 23.3.